The summed E-state index contributed by atoms with van der Waals surface area (Å²) in [7, 11) is 0. The predicted molar refractivity (Wildman–Crippen MR) is 425 cm³/mol. The number of benzene rings is 16. The smallest absolute Gasteiger partial charge is 0.0548 e. The van der Waals surface area contributed by atoms with Gasteiger partial charge in [0.05, 0.1) is 55.2 Å². The largest absolute Gasteiger partial charge is 0.309 e. The Morgan fingerprint density at radius 3 is 0.792 bits per heavy atom. The van der Waals surface area contributed by atoms with Crippen molar-refractivity contribution in [3.05, 3.63) is 370 Å². The third kappa shape index (κ3) is 8.90. The van der Waals surface area contributed by atoms with E-state index in [-0.39, 0.29) is 0 Å². The fourth-order valence-corrected chi connectivity index (χ4v) is 16.7. The van der Waals surface area contributed by atoms with E-state index >= 15 is 0 Å². The van der Waals surface area contributed by atoms with Gasteiger partial charge in [0.15, 0.2) is 0 Å². The lowest BCUT2D eigenvalue weighted by Crippen LogP contribution is -1.95. The molecule has 5 nitrogen and oxygen atoms in total. The molecule has 21 rings (SSSR count). The van der Waals surface area contributed by atoms with Crippen LogP contribution in [0.15, 0.2) is 370 Å². The Kier molecular flexibility index (Phi) is 12.7. The van der Waals surface area contributed by atoms with E-state index in [1.165, 1.54) is 154 Å². The van der Waals surface area contributed by atoms with E-state index in [1.54, 1.807) is 0 Å². The van der Waals surface area contributed by atoms with Crippen molar-refractivity contribution in [2.24, 2.45) is 0 Å². The molecule has 0 radical (unpaired) electrons. The van der Waals surface area contributed by atoms with Gasteiger partial charge in [0.1, 0.15) is 0 Å². The zero-order valence-corrected chi connectivity index (χ0v) is 55.0. The van der Waals surface area contributed by atoms with Crippen LogP contribution in [0.25, 0.3) is 193 Å². The van der Waals surface area contributed by atoms with Gasteiger partial charge in [0.25, 0.3) is 0 Å². The topological polar surface area (TPSA) is 24.6 Å². The predicted octanol–water partition coefficient (Wildman–Crippen LogP) is 25.5. The Morgan fingerprint density at radius 2 is 0.356 bits per heavy atom. The van der Waals surface area contributed by atoms with Gasteiger partial charge < -0.3 is 22.8 Å². The van der Waals surface area contributed by atoms with Crippen LogP contribution in [0.2, 0.25) is 0 Å². The van der Waals surface area contributed by atoms with Crippen molar-refractivity contribution in [3.63, 3.8) is 0 Å². The van der Waals surface area contributed by atoms with Crippen LogP contribution in [-0.4, -0.2) is 22.8 Å². The van der Waals surface area contributed by atoms with Gasteiger partial charge in [-0.05, 0) is 207 Å². The maximum absolute atomic E-state index is 2.45. The maximum atomic E-state index is 2.45. The molecule has 0 aliphatic heterocycles. The summed E-state index contributed by atoms with van der Waals surface area (Å²) in [5.74, 6) is 0. The van der Waals surface area contributed by atoms with Crippen LogP contribution in [0, 0.1) is 0 Å². The molecule has 5 heteroatoms. The first-order valence-electron chi connectivity index (χ1n) is 34.8. The quantitative estimate of drug-likeness (QED) is 0.130. The number of aromatic nitrogens is 5. The molecule has 0 aliphatic rings. The monoisotopic (exact) mass is 1280 g/mol. The number of rotatable bonds is 10. The molecule has 0 atom stereocenters. The molecule has 0 unspecified atom stereocenters. The molecule has 5 aromatic heterocycles. The fourth-order valence-electron chi connectivity index (χ4n) is 16.7. The summed E-state index contributed by atoms with van der Waals surface area (Å²) >= 11 is 0. The van der Waals surface area contributed by atoms with Crippen molar-refractivity contribution in [2.45, 2.75) is 0 Å². The molecule has 470 valence electrons. The van der Waals surface area contributed by atoms with Gasteiger partial charge in [0.2, 0.25) is 0 Å². The van der Waals surface area contributed by atoms with E-state index in [2.05, 4.69) is 393 Å². The lowest BCUT2D eigenvalue weighted by atomic mass is 9.98. The number of nitrogens with zero attached hydrogens (tertiary/aromatic N) is 5. The lowest BCUT2D eigenvalue weighted by molar-refractivity contribution is 1.17. The van der Waals surface area contributed by atoms with E-state index in [0.717, 1.165) is 39.6 Å². The van der Waals surface area contributed by atoms with E-state index < -0.39 is 0 Å². The van der Waals surface area contributed by atoms with Gasteiger partial charge in [0, 0.05) is 82.3 Å². The summed E-state index contributed by atoms with van der Waals surface area (Å²) < 4.78 is 12.1. The summed E-state index contributed by atoms with van der Waals surface area (Å²) in [5, 5.41) is 12.4. The summed E-state index contributed by atoms with van der Waals surface area (Å²) in [6, 6.07) is 136. The highest BCUT2D eigenvalue weighted by atomic mass is 15.0. The van der Waals surface area contributed by atoms with Crippen molar-refractivity contribution >= 4 is 109 Å². The molecule has 0 aliphatic carbocycles. The van der Waals surface area contributed by atoms with Crippen molar-refractivity contribution in [1.82, 2.24) is 22.8 Å². The molecule has 0 amide bonds. The molecule has 0 fully saturated rings. The molecule has 5 heterocycles. The Morgan fingerprint density at radius 1 is 0.119 bits per heavy atom. The first-order chi connectivity index (χ1) is 50.1. The minimum Gasteiger partial charge on any atom is -0.309 e. The second-order valence-electron chi connectivity index (χ2n) is 26.8. The second-order valence-corrected chi connectivity index (χ2v) is 26.8. The van der Waals surface area contributed by atoms with E-state index in [1.807, 2.05) is 0 Å². The highest BCUT2D eigenvalue weighted by Crippen LogP contribution is 2.45. The minimum atomic E-state index is 1.12. The highest BCUT2D eigenvalue weighted by molar-refractivity contribution is 6.29. The zero-order chi connectivity index (χ0) is 66.2. The van der Waals surface area contributed by atoms with Crippen LogP contribution in [0.1, 0.15) is 0 Å². The Balaban J connectivity index is 0.616. The van der Waals surface area contributed by atoms with Crippen molar-refractivity contribution < 1.29 is 0 Å². The van der Waals surface area contributed by atoms with Crippen LogP contribution < -0.4 is 0 Å². The van der Waals surface area contributed by atoms with Gasteiger partial charge >= 0.3 is 0 Å². The third-order valence-corrected chi connectivity index (χ3v) is 21.3. The average molecular weight is 1280 g/mol. The molecule has 21 aromatic rings. The molecular weight excluding hydrogens is 1220 g/mol. The highest BCUT2D eigenvalue weighted by Gasteiger charge is 2.23. The summed E-state index contributed by atoms with van der Waals surface area (Å²) in [6.07, 6.45) is 0. The van der Waals surface area contributed by atoms with Crippen molar-refractivity contribution in [3.8, 4) is 84.1 Å². The third-order valence-electron chi connectivity index (χ3n) is 21.3. The van der Waals surface area contributed by atoms with Crippen LogP contribution in [0.4, 0.5) is 0 Å². The number of hydrogen-bond donors (Lipinski definition) is 0. The van der Waals surface area contributed by atoms with E-state index in [9.17, 15) is 0 Å². The SMILES string of the molecule is c1ccc(-c2ccc(-n3c4ccccc4c4c5c6ccccc6n(-c6ccc(-c7cccc(-c8cccc(-n9c%10ccccc%10c%10cc(-c%11ccc%12c(c%11)c%11cc(-c%13ccc%14c(c%13)c%13ccccc%13n%14-c%13ccccc%13)ccc%11n%12-c%11ccccc%11)ccc%109)c8)c7)cc6)c5ccc43)cc2)cc1. The van der Waals surface area contributed by atoms with Crippen LogP contribution in [-0.2, 0) is 0 Å². The second kappa shape index (κ2) is 22.5. The first-order valence-corrected chi connectivity index (χ1v) is 34.8. The van der Waals surface area contributed by atoms with Gasteiger partial charge in [-0.15, -0.1) is 0 Å². The van der Waals surface area contributed by atoms with Gasteiger partial charge in [-0.3, -0.25) is 0 Å². The summed E-state index contributed by atoms with van der Waals surface area (Å²) in [5.41, 5.74) is 29.4. The Bertz CT molecular complexity index is 6900. The van der Waals surface area contributed by atoms with Gasteiger partial charge in [-0.25, -0.2) is 0 Å². The summed E-state index contributed by atoms with van der Waals surface area (Å²) in [6.45, 7) is 0. The average Bonchev–Trinajstić information content (AvgIpc) is 1.55. The molecule has 0 spiro atoms. The lowest BCUT2D eigenvalue weighted by Gasteiger charge is -2.12. The van der Waals surface area contributed by atoms with Gasteiger partial charge in [-0.2, -0.15) is 0 Å². The Labute approximate surface area is 582 Å². The van der Waals surface area contributed by atoms with Crippen molar-refractivity contribution in [2.75, 3.05) is 0 Å². The molecular formula is C96H61N5. The van der Waals surface area contributed by atoms with E-state index in [4.69, 9.17) is 0 Å². The molecule has 16 aromatic carbocycles. The number of para-hydroxylation sites is 6. The van der Waals surface area contributed by atoms with Crippen LogP contribution in [0.3, 0.4) is 0 Å². The Hall–Kier alpha value is -13.5. The van der Waals surface area contributed by atoms with Crippen molar-refractivity contribution in [1.29, 1.82) is 0 Å². The first kappa shape index (κ1) is 56.7. The van der Waals surface area contributed by atoms with E-state index in [0.29, 0.717) is 0 Å². The minimum absolute atomic E-state index is 1.12. The molecule has 0 saturated carbocycles. The molecule has 0 bridgehead atoms. The number of hydrogen-bond acceptors (Lipinski definition) is 0. The summed E-state index contributed by atoms with van der Waals surface area (Å²) in [4.78, 5) is 0. The van der Waals surface area contributed by atoms with Gasteiger partial charge in [-0.1, -0.05) is 218 Å². The standard InChI is InChI=1S/C96H61N5/c1-4-20-62(21-5-1)63-38-46-74(47-39-63)99-87-36-16-12-32-79(87)95-93(99)54-55-94-96(95)80-33-13-17-37-88(80)100(94)75-48-40-64(41-49-75)65-22-18-23-66(56-65)67-24-19-29-76(57-67)101-86-35-15-11-31-78(86)82-59-69(43-51-90(82)101)71-45-53-92-84(61-71)83-60-70(44-52-91(83)98(92)73-27-8-3-9-28-73)68-42-50-89-81(58-68)77-30-10-14-34-85(77)97(89)72-25-6-2-7-26-72/h1-61H. The maximum Gasteiger partial charge on any atom is 0.0548 e. The molecule has 0 N–H and O–H groups in total. The molecule has 101 heavy (non-hydrogen) atoms. The zero-order valence-electron chi connectivity index (χ0n) is 55.0. The molecule has 0 saturated heterocycles. The van der Waals surface area contributed by atoms with Crippen LogP contribution >= 0.6 is 0 Å². The normalized spacial score (nSPS) is 12.0. The number of fused-ring (bicyclic) bond motifs is 16. The van der Waals surface area contributed by atoms with Crippen LogP contribution in [0.5, 0.6) is 0 Å². The fraction of sp³-hybridized carbons (Fsp3) is 0.